The van der Waals surface area contributed by atoms with Crippen molar-refractivity contribution in [2.75, 3.05) is 10.5 Å². The molecule has 0 fully saturated rings. The molecular weight excluding hydrogens is 334 g/mol. The van der Waals surface area contributed by atoms with Crippen LogP contribution in [0.15, 0.2) is 17.0 Å². The molecule has 1 rings (SSSR count). The predicted octanol–water partition coefficient (Wildman–Crippen LogP) is 2.89. The second-order valence-electron chi connectivity index (χ2n) is 4.68. The van der Waals surface area contributed by atoms with Crippen LogP contribution in [0.2, 0.25) is 0 Å². The van der Waals surface area contributed by atoms with E-state index in [4.69, 9.17) is 10.7 Å². The van der Waals surface area contributed by atoms with E-state index in [0.29, 0.717) is 36.1 Å². The molecule has 1 aromatic carbocycles. The molecule has 0 unspecified atom stereocenters. The smallest absolute Gasteiger partial charge is 0.261 e. The van der Waals surface area contributed by atoms with Crippen LogP contribution in [0.3, 0.4) is 0 Å². The average molecular weight is 354 g/mol. The normalized spacial score (nSPS) is 12.4. The minimum atomic E-state index is -3.84. The lowest BCUT2D eigenvalue weighted by Crippen LogP contribution is -2.18. The maximum Gasteiger partial charge on any atom is 0.261 e. The van der Waals surface area contributed by atoms with Gasteiger partial charge in [0.1, 0.15) is 0 Å². The van der Waals surface area contributed by atoms with Gasteiger partial charge in [0.15, 0.2) is 0 Å². The Morgan fingerprint density at radius 1 is 1.00 bits per heavy atom. The summed E-state index contributed by atoms with van der Waals surface area (Å²) in [6.45, 7) is 5.44. The molecule has 0 aliphatic rings. The van der Waals surface area contributed by atoms with Crippen molar-refractivity contribution in [1.29, 1.82) is 0 Å². The van der Waals surface area contributed by atoms with E-state index >= 15 is 0 Å². The third-order valence-corrected chi connectivity index (χ3v) is 5.84. The molecule has 0 aliphatic heterocycles. The van der Waals surface area contributed by atoms with Crippen LogP contribution in [0, 0.1) is 0 Å². The first-order chi connectivity index (χ1) is 9.64. The van der Waals surface area contributed by atoms with Crippen molar-refractivity contribution in [3.05, 3.63) is 23.3 Å². The maximum atomic E-state index is 12.0. The summed E-state index contributed by atoms with van der Waals surface area (Å²) in [5.41, 5.74) is 1.71. The van der Waals surface area contributed by atoms with E-state index < -0.39 is 19.1 Å². The van der Waals surface area contributed by atoms with Gasteiger partial charge in [-0.2, -0.15) is 0 Å². The molecule has 0 bridgehead atoms. The number of hydrogen-bond donors (Lipinski definition) is 1. The van der Waals surface area contributed by atoms with Crippen LogP contribution in [-0.4, -0.2) is 22.6 Å². The number of aryl methyl sites for hydroxylation is 2. The third kappa shape index (κ3) is 4.86. The maximum absolute atomic E-state index is 12.0. The zero-order valence-corrected chi connectivity index (χ0v) is 14.7. The summed E-state index contributed by atoms with van der Waals surface area (Å²) in [6.07, 6.45) is 1.50. The fourth-order valence-electron chi connectivity index (χ4n) is 2.04. The van der Waals surface area contributed by atoms with E-state index in [2.05, 4.69) is 4.72 Å². The van der Waals surface area contributed by atoms with Gasteiger partial charge in [0, 0.05) is 10.7 Å². The first-order valence-electron chi connectivity index (χ1n) is 6.75. The Balaban J connectivity index is 3.45. The molecule has 1 N–H and O–H groups in total. The van der Waals surface area contributed by atoms with Gasteiger partial charge < -0.3 is 0 Å². The highest BCUT2D eigenvalue weighted by molar-refractivity contribution is 8.13. The lowest BCUT2D eigenvalue weighted by atomic mass is 10.0. The Morgan fingerprint density at radius 2 is 1.48 bits per heavy atom. The van der Waals surface area contributed by atoms with Gasteiger partial charge in [-0.3, -0.25) is 4.72 Å². The van der Waals surface area contributed by atoms with Gasteiger partial charge in [-0.15, -0.1) is 0 Å². The second kappa shape index (κ2) is 6.98. The molecule has 0 atom stereocenters. The molecule has 0 amide bonds. The van der Waals surface area contributed by atoms with Crippen molar-refractivity contribution in [3.63, 3.8) is 0 Å². The van der Waals surface area contributed by atoms with Crippen molar-refractivity contribution < 1.29 is 16.8 Å². The number of halogens is 1. The minimum Gasteiger partial charge on any atom is -0.283 e. The summed E-state index contributed by atoms with van der Waals surface area (Å²) in [5, 5.41) is 0. The van der Waals surface area contributed by atoms with E-state index in [1.54, 1.807) is 6.92 Å². The monoisotopic (exact) mass is 353 g/mol. The van der Waals surface area contributed by atoms with Crippen LogP contribution < -0.4 is 4.72 Å². The van der Waals surface area contributed by atoms with E-state index in [1.807, 2.05) is 13.8 Å². The quantitative estimate of drug-likeness (QED) is 0.764. The lowest BCUT2D eigenvalue weighted by Gasteiger charge is -2.16. The lowest BCUT2D eigenvalue weighted by molar-refractivity contribution is 0.599. The van der Waals surface area contributed by atoms with Crippen LogP contribution in [0.4, 0.5) is 5.69 Å². The van der Waals surface area contributed by atoms with Crippen molar-refractivity contribution >= 4 is 35.4 Å². The topological polar surface area (TPSA) is 80.3 Å². The minimum absolute atomic E-state index is 0.00342. The Kier molecular flexibility index (Phi) is 6.07. The zero-order valence-electron chi connectivity index (χ0n) is 12.3. The van der Waals surface area contributed by atoms with Crippen LogP contribution in [-0.2, 0) is 31.9 Å². The highest BCUT2D eigenvalue weighted by Crippen LogP contribution is 2.29. The molecule has 0 aliphatic carbocycles. The van der Waals surface area contributed by atoms with Gasteiger partial charge >= 0.3 is 0 Å². The molecule has 120 valence electrons. The zero-order chi connectivity index (χ0) is 16.3. The van der Waals surface area contributed by atoms with Gasteiger partial charge in [-0.1, -0.05) is 20.8 Å². The molecule has 0 heterocycles. The summed E-state index contributed by atoms with van der Waals surface area (Å²) < 4.78 is 49.5. The molecule has 1 aromatic rings. The number of sulfonamides is 1. The van der Waals surface area contributed by atoms with E-state index in [9.17, 15) is 16.8 Å². The molecule has 21 heavy (non-hydrogen) atoms. The fourth-order valence-corrected chi connectivity index (χ4v) is 4.09. The van der Waals surface area contributed by atoms with Crippen LogP contribution in [0.1, 0.15) is 38.3 Å². The SMILES string of the molecule is CCCS(=O)(=O)Nc1c(CC)cc(S(=O)(=O)Cl)cc1CC. The Morgan fingerprint density at radius 3 is 1.81 bits per heavy atom. The van der Waals surface area contributed by atoms with Gasteiger partial charge in [0.2, 0.25) is 10.0 Å². The highest BCUT2D eigenvalue weighted by Gasteiger charge is 2.19. The number of hydrogen-bond acceptors (Lipinski definition) is 4. The molecular formula is C13H20ClNO4S2. The van der Waals surface area contributed by atoms with Crippen LogP contribution in [0.5, 0.6) is 0 Å². The second-order valence-corrected chi connectivity index (χ2v) is 9.09. The Bertz CT molecular complexity index is 687. The Hall–Kier alpha value is -0.790. The van der Waals surface area contributed by atoms with Crippen molar-refractivity contribution in [2.24, 2.45) is 0 Å². The van der Waals surface area contributed by atoms with Gasteiger partial charge in [0.25, 0.3) is 9.05 Å². The summed E-state index contributed by atoms with van der Waals surface area (Å²) in [5.74, 6) is 0.0227. The van der Waals surface area contributed by atoms with E-state index in [1.165, 1.54) is 12.1 Å². The number of benzene rings is 1. The predicted molar refractivity (Wildman–Crippen MR) is 85.9 cm³/mol. The molecule has 0 spiro atoms. The van der Waals surface area contributed by atoms with Gasteiger partial charge in [-0.05, 0) is 42.5 Å². The van der Waals surface area contributed by atoms with E-state index in [-0.39, 0.29) is 10.6 Å². The number of nitrogens with one attached hydrogen (secondary N) is 1. The molecule has 0 aromatic heterocycles. The van der Waals surface area contributed by atoms with Crippen LogP contribution >= 0.6 is 10.7 Å². The van der Waals surface area contributed by atoms with Gasteiger partial charge in [0.05, 0.1) is 16.3 Å². The molecule has 0 radical (unpaired) electrons. The number of rotatable bonds is 7. The standard InChI is InChI=1S/C13H20ClNO4S2/c1-4-7-20(16,17)15-13-10(5-2)8-12(21(14,18)19)9-11(13)6-3/h8-9,15H,4-7H2,1-3H3. The summed E-state index contributed by atoms with van der Waals surface area (Å²) in [4.78, 5) is -0.00342. The first-order valence-corrected chi connectivity index (χ1v) is 10.7. The molecule has 0 saturated carbocycles. The van der Waals surface area contributed by atoms with E-state index in [0.717, 1.165) is 0 Å². The third-order valence-electron chi connectivity index (χ3n) is 3.05. The first kappa shape index (κ1) is 18.3. The fraction of sp³-hybridized carbons (Fsp3) is 0.538. The summed E-state index contributed by atoms with van der Waals surface area (Å²) >= 11 is 0. The van der Waals surface area contributed by atoms with Crippen molar-refractivity contribution in [2.45, 2.75) is 44.9 Å². The summed E-state index contributed by atoms with van der Waals surface area (Å²) in [7, 11) is -1.89. The average Bonchev–Trinajstić information content (AvgIpc) is 2.36. The largest absolute Gasteiger partial charge is 0.283 e. The van der Waals surface area contributed by atoms with Crippen LogP contribution in [0.25, 0.3) is 0 Å². The Labute approximate surface area is 131 Å². The van der Waals surface area contributed by atoms with Crippen molar-refractivity contribution in [1.82, 2.24) is 0 Å². The van der Waals surface area contributed by atoms with Crippen molar-refractivity contribution in [3.8, 4) is 0 Å². The molecule has 5 nitrogen and oxygen atoms in total. The highest BCUT2D eigenvalue weighted by atomic mass is 35.7. The summed E-state index contributed by atoms with van der Waals surface area (Å²) in [6, 6.07) is 2.84. The van der Waals surface area contributed by atoms with Gasteiger partial charge in [-0.25, -0.2) is 16.8 Å². The number of anilines is 1. The molecule has 8 heteroatoms. The molecule has 0 saturated heterocycles.